The first-order chi connectivity index (χ1) is 7.00. The minimum absolute atomic E-state index is 0. The van der Waals surface area contributed by atoms with Gasteiger partial charge in [-0.1, -0.05) is 36.4 Å². The molecular formula is C11H9BF3K. The fraction of sp³-hybridized carbons (Fsp3) is 0.0909. The van der Waals surface area contributed by atoms with Gasteiger partial charge in [0.15, 0.2) is 0 Å². The van der Waals surface area contributed by atoms with E-state index in [-0.39, 0.29) is 51.4 Å². The molecule has 0 saturated carbocycles. The Balaban J connectivity index is 0.00000128. The van der Waals surface area contributed by atoms with E-state index in [1.54, 1.807) is 18.2 Å². The Bertz CT molecular complexity index is 508. The van der Waals surface area contributed by atoms with E-state index in [1.807, 2.05) is 6.92 Å². The summed E-state index contributed by atoms with van der Waals surface area (Å²) in [6, 6.07) is 9.31. The molecule has 0 amide bonds. The Kier molecular flexibility index (Phi) is 4.66. The molecule has 5 heteroatoms. The first-order valence-corrected chi connectivity index (χ1v) is 4.68. The van der Waals surface area contributed by atoms with Crippen molar-refractivity contribution in [3.63, 3.8) is 0 Å². The van der Waals surface area contributed by atoms with E-state index in [4.69, 9.17) is 0 Å². The van der Waals surface area contributed by atoms with Crippen molar-refractivity contribution in [1.29, 1.82) is 0 Å². The van der Waals surface area contributed by atoms with Crippen molar-refractivity contribution in [2.75, 3.05) is 0 Å². The van der Waals surface area contributed by atoms with Crippen LogP contribution in [0.25, 0.3) is 10.8 Å². The molecule has 2 aromatic rings. The van der Waals surface area contributed by atoms with Crippen molar-refractivity contribution in [3.8, 4) is 0 Å². The molecule has 0 spiro atoms. The average Bonchev–Trinajstić information content (AvgIpc) is 2.17. The predicted octanol–water partition coefficient (Wildman–Crippen LogP) is 0.207. The maximum absolute atomic E-state index is 12.7. The summed E-state index contributed by atoms with van der Waals surface area (Å²) in [6.07, 6.45) is 0. The van der Waals surface area contributed by atoms with Crippen LogP contribution in [0, 0.1) is 6.92 Å². The van der Waals surface area contributed by atoms with Gasteiger partial charge in [-0.25, -0.2) is 0 Å². The molecule has 0 saturated heterocycles. The van der Waals surface area contributed by atoms with Crippen LogP contribution in [0.3, 0.4) is 0 Å². The predicted molar refractivity (Wildman–Crippen MR) is 57.4 cm³/mol. The second kappa shape index (κ2) is 5.23. The zero-order valence-electron chi connectivity index (χ0n) is 9.18. The smallest absolute Gasteiger partial charge is 0.445 e. The Morgan fingerprint density at radius 2 is 1.44 bits per heavy atom. The largest absolute Gasteiger partial charge is 1.00 e. The molecule has 0 aliphatic heterocycles. The second-order valence-electron chi connectivity index (χ2n) is 3.59. The van der Waals surface area contributed by atoms with Crippen molar-refractivity contribution in [2.24, 2.45) is 0 Å². The van der Waals surface area contributed by atoms with Crippen LogP contribution in [0.4, 0.5) is 12.9 Å². The van der Waals surface area contributed by atoms with Crippen molar-refractivity contribution >= 4 is 23.2 Å². The van der Waals surface area contributed by atoms with Crippen LogP contribution in [-0.4, -0.2) is 6.98 Å². The third kappa shape index (κ3) is 2.71. The summed E-state index contributed by atoms with van der Waals surface area (Å²) in [5, 5.41) is 0.971. The van der Waals surface area contributed by atoms with Gasteiger partial charge in [-0.2, -0.15) is 0 Å². The van der Waals surface area contributed by atoms with Gasteiger partial charge in [-0.15, -0.1) is 5.46 Å². The van der Waals surface area contributed by atoms with Crippen LogP contribution in [0.15, 0.2) is 36.4 Å². The average molecular weight is 248 g/mol. The summed E-state index contributed by atoms with van der Waals surface area (Å²) >= 11 is 0. The molecular weight excluding hydrogens is 239 g/mol. The van der Waals surface area contributed by atoms with Crippen molar-refractivity contribution < 1.29 is 64.3 Å². The van der Waals surface area contributed by atoms with E-state index < -0.39 is 12.4 Å². The van der Waals surface area contributed by atoms with Crippen LogP contribution in [-0.2, 0) is 0 Å². The summed E-state index contributed by atoms with van der Waals surface area (Å²) in [4.78, 5) is 0. The zero-order chi connectivity index (χ0) is 11.1. The first kappa shape index (κ1) is 14.3. The summed E-state index contributed by atoms with van der Waals surface area (Å²) in [5.41, 5.74) is 0.366. The van der Waals surface area contributed by atoms with Crippen LogP contribution >= 0.6 is 0 Å². The van der Waals surface area contributed by atoms with Crippen molar-refractivity contribution in [1.82, 2.24) is 0 Å². The SMILES string of the molecule is Cc1ccc([B-](F)(F)F)c2ccccc12.[K+]. The summed E-state index contributed by atoms with van der Waals surface area (Å²) < 4.78 is 38.1. The van der Waals surface area contributed by atoms with Crippen LogP contribution in [0.2, 0.25) is 0 Å². The molecule has 0 fully saturated rings. The number of aryl methyl sites for hydroxylation is 1. The third-order valence-corrected chi connectivity index (χ3v) is 2.53. The fourth-order valence-electron chi connectivity index (χ4n) is 1.76. The van der Waals surface area contributed by atoms with Crippen molar-refractivity contribution in [3.05, 3.63) is 42.0 Å². The molecule has 0 radical (unpaired) electrons. The van der Waals surface area contributed by atoms with E-state index in [1.165, 1.54) is 12.1 Å². The van der Waals surface area contributed by atoms with Gasteiger partial charge in [0, 0.05) is 0 Å². The van der Waals surface area contributed by atoms with E-state index in [2.05, 4.69) is 0 Å². The number of hydrogen-bond acceptors (Lipinski definition) is 0. The number of benzene rings is 2. The Labute approximate surface area is 135 Å². The van der Waals surface area contributed by atoms with Gasteiger partial charge < -0.3 is 12.9 Å². The van der Waals surface area contributed by atoms with E-state index in [0.29, 0.717) is 10.8 Å². The minimum atomic E-state index is -4.93. The maximum Gasteiger partial charge on any atom is 1.00 e. The molecule has 0 aromatic heterocycles. The molecule has 0 nitrogen and oxygen atoms in total. The summed E-state index contributed by atoms with van der Waals surface area (Å²) in [6.45, 7) is -3.12. The van der Waals surface area contributed by atoms with Gasteiger partial charge in [0.05, 0.1) is 0 Å². The van der Waals surface area contributed by atoms with Crippen LogP contribution in [0.1, 0.15) is 5.56 Å². The molecule has 0 unspecified atom stereocenters. The quantitative estimate of drug-likeness (QED) is 0.633. The summed E-state index contributed by atoms with van der Waals surface area (Å²) in [7, 11) is 0. The number of halogens is 3. The van der Waals surface area contributed by atoms with Crippen molar-refractivity contribution in [2.45, 2.75) is 6.92 Å². The van der Waals surface area contributed by atoms with E-state index >= 15 is 0 Å². The standard InChI is InChI=1S/C11H9BF3.K/c1-8-6-7-11(12(13,14)15)10-5-3-2-4-9(8)10;/h2-7H,1H3;/q-1;+1. The van der Waals surface area contributed by atoms with Gasteiger partial charge in [0.2, 0.25) is 0 Å². The molecule has 0 bridgehead atoms. The van der Waals surface area contributed by atoms with Gasteiger partial charge in [0.25, 0.3) is 0 Å². The monoisotopic (exact) mass is 248 g/mol. The van der Waals surface area contributed by atoms with Gasteiger partial charge in [0.1, 0.15) is 0 Å². The normalized spacial score (nSPS) is 11.2. The van der Waals surface area contributed by atoms with E-state index in [9.17, 15) is 12.9 Å². The van der Waals surface area contributed by atoms with Gasteiger partial charge in [-0.3, -0.25) is 0 Å². The van der Waals surface area contributed by atoms with Crippen LogP contribution in [0.5, 0.6) is 0 Å². The molecule has 0 aliphatic rings. The number of hydrogen-bond donors (Lipinski definition) is 0. The Morgan fingerprint density at radius 3 is 2.00 bits per heavy atom. The number of fused-ring (bicyclic) bond motifs is 1. The Morgan fingerprint density at radius 1 is 0.875 bits per heavy atom. The molecule has 0 aliphatic carbocycles. The first-order valence-electron chi connectivity index (χ1n) is 4.68. The molecule has 2 aromatic carbocycles. The molecule has 0 heterocycles. The third-order valence-electron chi connectivity index (χ3n) is 2.53. The van der Waals surface area contributed by atoms with Gasteiger partial charge >= 0.3 is 58.4 Å². The molecule has 0 N–H and O–H groups in total. The molecule has 2 rings (SSSR count). The molecule has 16 heavy (non-hydrogen) atoms. The zero-order valence-corrected chi connectivity index (χ0v) is 12.3. The molecule has 0 atom stereocenters. The van der Waals surface area contributed by atoms with Crippen LogP contribution < -0.4 is 56.8 Å². The van der Waals surface area contributed by atoms with E-state index in [0.717, 1.165) is 11.6 Å². The maximum atomic E-state index is 12.7. The minimum Gasteiger partial charge on any atom is -0.445 e. The number of rotatable bonds is 1. The topological polar surface area (TPSA) is 0 Å². The molecule has 78 valence electrons. The summed E-state index contributed by atoms with van der Waals surface area (Å²) in [5.74, 6) is 0. The Hall–Kier alpha value is 0.191. The van der Waals surface area contributed by atoms with Gasteiger partial charge in [-0.05, 0) is 23.3 Å². The fourth-order valence-corrected chi connectivity index (χ4v) is 1.76. The second-order valence-corrected chi connectivity index (χ2v) is 3.59.